The lowest BCUT2D eigenvalue weighted by molar-refractivity contribution is -0.250. The second kappa shape index (κ2) is 5.27. The smallest absolute Gasteiger partial charge is 0.229 e. The summed E-state index contributed by atoms with van der Waals surface area (Å²) >= 11 is 0. The van der Waals surface area contributed by atoms with Crippen LogP contribution in [0.15, 0.2) is 42.5 Å². The van der Waals surface area contributed by atoms with E-state index in [0.29, 0.717) is 24.3 Å². The first kappa shape index (κ1) is 13.7. The van der Waals surface area contributed by atoms with E-state index in [4.69, 9.17) is 9.47 Å². The molecular weight excluding hydrogens is 272 g/mol. The maximum atomic E-state index is 10.2. The predicted molar refractivity (Wildman–Crippen MR) is 75.2 cm³/mol. The molecule has 0 aliphatic carbocycles. The molecule has 1 aliphatic heterocycles. The number of rotatable bonds is 2. The van der Waals surface area contributed by atoms with Gasteiger partial charge in [-0.15, -0.1) is 0 Å². The minimum absolute atomic E-state index is 0.0203. The van der Waals surface area contributed by atoms with E-state index in [0.717, 1.165) is 6.42 Å². The first-order valence-corrected chi connectivity index (χ1v) is 6.72. The van der Waals surface area contributed by atoms with Crippen molar-refractivity contribution in [2.75, 3.05) is 13.2 Å². The standard InChI is InChI=1S/C16H16O5/c17-11-6-7-13(15(19)10-11)16(20-8-3-9-21-16)12-4-1-2-5-14(12)18/h1-2,4-7,10,17-19H,3,8-9H2. The van der Waals surface area contributed by atoms with Crippen LogP contribution in [0.25, 0.3) is 0 Å². The van der Waals surface area contributed by atoms with E-state index in [1.807, 2.05) is 0 Å². The molecule has 0 spiro atoms. The lowest BCUT2D eigenvalue weighted by atomic mass is 9.94. The van der Waals surface area contributed by atoms with Gasteiger partial charge in [-0.3, -0.25) is 0 Å². The Morgan fingerprint density at radius 1 is 0.810 bits per heavy atom. The number of phenolic OH excluding ortho intramolecular Hbond substituents is 3. The molecule has 0 aromatic heterocycles. The van der Waals surface area contributed by atoms with Crippen molar-refractivity contribution in [1.29, 1.82) is 0 Å². The van der Waals surface area contributed by atoms with Crippen molar-refractivity contribution in [2.45, 2.75) is 12.2 Å². The summed E-state index contributed by atoms with van der Waals surface area (Å²) in [7, 11) is 0. The van der Waals surface area contributed by atoms with Gasteiger partial charge in [-0.25, -0.2) is 0 Å². The molecule has 0 unspecified atom stereocenters. The molecule has 5 heteroatoms. The summed E-state index contributed by atoms with van der Waals surface area (Å²) in [5.74, 6) is -1.56. The molecule has 1 fully saturated rings. The molecule has 2 aromatic rings. The van der Waals surface area contributed by atoms with Crippen LogP contribution in [0.2, 0.25) is 0 Å². The Hall–Kier alpha value is -2.24. The van der Waals surface area contributed by atoms with Crippen LogP contribution < -0.4 is 0 Å². The van der Waals surface area contributed by atoms with Crippen LogP contribution in [-0.2, 0) is 15.3 Å². The average molecular weight is 288 g/mol. The summed E-state index contributed by atoms with van der Waals surface area (Å²) in [6.45, 7) is 0.878. The molecule has 5 nitrogen and oxygen atoms in total. The number of phenols is 3. The fraction of sp³-hybridized carbons (Fsp3) is 0.250. The molecule has 1 heterocycles. The van der Waals surface area contributed by atoms with Crippen LogP contribution in [-0.4, -0.2) is 28.5 Å². The molecule has 0 bridgehead atoms. The third kappa shape index (κ3) is 2.30. The zero-order chi connectivity index (χ0) is 14.9. The molecule has 0 saturated carbocycles. The molecule has 110 valence electrons. The van der Waals surface area contributed by atoms with Crippen molar-refractivity contribution in [3.8, 4) is 17.2 Å². The Balaban J connectivity index is 2.20. The summed E-state index contributed by atoms with van der Waals surface area (Å²) in [5.41, 5.74) is 0.771. The van der Waals surface area contributed by atoms with E-state index < -0.39 is 5.79 Å². The van der Waals surface area contributed by atoms with Gasteiger partial charge in [0.2, 0.25) is 5.79 Å². The summed E-state index contributed by atoms with van der Waals surface area (Å²) in [4.78, 5) is 0. The molecule has 1 aliphatic rings. The molecule has 3 rings (SSSR count). The predicted octanol–water partition coefficient (Wildman–Crippen LogP) is 2.44. The maximum absolute atomic E-state index is 10.2. The van der Waals surface area contributed by atoms with Gasteiger partial charge in [0.1, 0.15) is 17.2 Å². The number of aromatic hydroxyl groups is 3. The van der Waals surface area contributed by atoms with Crippen molar-refractivity contribution in [1.82, 2.24) is 0 Å². The highest BCUT2D eigenvalue weighted by atomic mass is 16.7. The molecule has 0 radical (unpaired) electrons. The van der Waals surface area contributed by atoms with E-state index in [1.54, 1.807) is 18.2 Å². The number of hydrogen-bond acceptors (Lipinski definition) is 5. The average Bonchev–Trinajstić information content (AvgIpc) is 2.48. The van der Waals surface area contributed by atoms with Gasteiger partial charge < -0.3 is 24.8 Å². The van der Waals surface area contributed by atoms with E-state index >= 15 is 0 Å². The lowest BCUT2D eigenvalue weighted by Crippen LogP contribution is -2.39. The fourth-order valence-electron chi connectivity index (χ4n) is 2.54. The number of hydrogen-bond donors (Lipinski definition) is 3. The first-order valence-electron chi connectivity index (χ1n) is 6.72. The molecule has 0 amide bonds. The van der Waals surface area contributed by atoms with E-state index in [1.165, 1.54) is 24.3 Å². The first-order chi connectivity index (χ1) is 10.1. The molecule has 3 N–H and O–H groups in total. The third-order valence-corrected chi connectivity index (χ3v) is 3.49. The largest absolute Gasteiger partial charge is 0.508 e. The zero-order valence-corrected chi connectivity index (χ0v) is 11.3. The quantitative estimate of drug-likeness (QED) is 0.791. The minimum atomic E-state index is -1.37. The number of para-hydroxylation sites is 1. The van der Waals surface area contributed by atoms with Gasteiger partial charge in [0.15, 0.2) is 0 Å². The molecule has 1 saturated heterocycles. The van der Waals surface area contributed by atoms with Crippen LogP contribution >= 0.6 is 0 Å². The van der Waals surface area contributed by atoms with Crippen molar-refractivity contribution in [3.05, 3.63) is 53.6 Å². The van der Waals surface area contributed by atoms with Gasteiger partial charge in [-0.2, -0.15) is 0 Å². The SMILES string of the molecule is Oc1ccc(C2(c3ccccc3O)OCCCO2)c(O)c1. The summed E-state index contributed by atoms with van der Waals surface area (Å²) < 4.78 is 11.6. The Morgan fingerprint density at radius 2 is 1.48 bits per heavy atom. The fourth-order valence-corrected chi connectivity index (χ4v) is 2.54. The highest BCUT2D eigenvalue weighted by Gasteiger charge is 2.42. The van der Waals surface area contributed by atoms with Crippen LogP contribution in [0.4, 0.5) is 0 Å². The van der Waals surface area contributed by atoms with Crippen molar-refractivity contribution >= 4 is 0 Å². The normalized spacial score (nSPS) is 17.5. The topological polar surface area (TPSA) is 79.2 Å². The second-order valence-electron chi connectivity index (χ2n) is 4.89. The lowest BCUT2D eigenvalue weighted by Gasteiger charge is -2.38. The second-order valence-corrected chi connectivity index (χ2v) is 4.89. The van der Waals surface area contributed by atoms with E-state index in [-0.39, 0.29) is 17.2 Å². The van der Waals surface area contributed by atoms with E-state index in [2.05, 4.69) is 0 Å². The Bertz CT molecular complexity index is 647. The van der Waals surface area contributed by atoms with Crippen molar-refractivity contribution in [3.63, 3.8) is 0 Å². The van der Waals surface area contributed by atoms with Crippen LogP contribution in [0, 0.1) is 0 Å². The maximum Gasteiger partial charge on any atom is 0.229 e. The van der Waals surface area contributed by atoms with Gasteiger partial charge in [0.25, 0.3) is 0 Å². The highest BCUT2D eigenvalue weighted by molar-refractivity contribution is 5.49. The van der Waals surface area contributed by atoms with E-state index in [9.17, 15) is 15.3 Å². The van der Waals surface area contributed by atoms with Crippen LogP contribution in [0.3, 0.4) is 0 Å². The summed E-state index contributed by atoms with van der Waals surface area (Å²) in [6.07, 6.45) is 0.730. The van der Waals surface area contributed by atoms with Gasteiger partial charge >= 0.3 is 0 Å². The van der Waals surface area contributed by atoms with Crippen LogP contribution in [0.1, 0.15) is 17.5 Å². The molecule has 2 aromatic carbocycles. The third-order valence-electron chi connectivity index (χ3n) is 3.49. The zero-order valence-electron chi connectivity index (χ0n) is 11.3. The molecule has 0 atom stereocenters. The molecule has 21 heavy (non-hydrogen) atoms. The van der Waals surface area contributed by atoms with Gasteiger partial charge in [-0.05, 0) is 30.7 Å². The number of ether oxygens (including phenoxy) is 2. The molecular formula is C16H16O5. The van der Waals surface area contributed by atoms with Crippen molar-refractivity contribution in [2.24, 2.45) is 0 Å². The number of benzene rings is 2. The van der Waals surface area contributed by atoms with Crippen molar-refractivity contribution < 1.29 is 24.8 Å². The highest BCUT2D eigenvalue weighted by Crippen LogP contribution is 2.45. The Kier molecular flexibility index (Phi) is 3.45. The Labute approximate surface area is 122 Å². The van der Waals surface area contributed by atoms with Gasteiger partial charge in [0.05, 0.1) is 24.3 Å². The monoisotopic (exact) mass is 288 g/mol. The summed E-state index contributed by atoms with van der Waals surface area (Å²) in [6, 6.07) is 10.9. The minimum Gasteiger partial charge on any atom is -0.508 e. The van der Waals surface area contributed by atoms with Gasteiger partial charge in [0, 0.05) is 6.07 Å². The van der Waals surface area contributed by atoms with Gasteiger partial charge in [-0.1, -0.05) is 12.1 Å². The Morgan fingerprint density at radius 3 is 2.14 bits per heavy atom. The summed E-state index contributed by atoms with van der Waals surface area (Å²) in [5, 5.41) is 29.8. The van der Waals surface area contributed by atoms with Crippen LogP contribution in [0.5, 0.6) is 17.2 Å².